The number of carbonyl (C=O) groups excluding carboxylic acids is 1. The van der Waals surface area contributed by atoms with E-state index < -0.39 is 29.6 Å². The molecule has 0 aliphatic carbocycles. The van der Waals surface area contributed by atoms with Crippen molar-refractivity contribution in [3.05, 3.63) is 12.7 Å². The van der Waals surface area contributed by atoms with Gasteiger partial charge in [-0.15, -0.1) is 6.58 Å². The summed E-state index contributed by atoms with van der Waals surface area (Å²) < 4.78 is 0. The average Bonchev–Trinajstić information content (AvgIpc) is 2.01. The summed E-state index contributed by atoms with van der Waals surface area (Å²) in [5.74, 6) is -3.41. The van der Waals surface area contributed by atoms with E-state index in [1.807, 2.05) is 0 Å². The lowest BCUT2D eigenvalue weighted by Gasteiger charge is -2.22. The van der Waals surface area contributed by atoms with Gasteiger partial charge in [-0.2, -0.15) is 0 Å². The van der Waals surface area contributed by atoms with E-state index >= 15 is 0 Å². The second kappa shape index (κ2) is 4.55. The molecular formula is C9H12O5. The molecule has 14 heavy (non-hydrogen) atoms. The monoisotopic (exact) mass is 200 g/mol. The van der Waals surface area contributed by atoms with Gasteiger partial charge in [0.05, 0.1) is 6.42 Å². The third-order valence-electron chi connectivity index (χ3n) is 2.03. The molecule has 0 fully saturated rings. The van der Waals surface area contributed by atoms with Gasteiger partial charge < -0.3 is 10.2 Å². The van der Waals surface area contributed by atoms with Gasteiger partial charge >= 0.3 is 11.9 Å². The van der Waals surface area contributed by atoms with E-state index in [0.717, 1.165) is 6.92 Å². The molecule has 0 saturated heterocycles. The van der Waals surface area contributed by atoms with Crippen LogP contribution in [0, 0.1) is 5.41 Å². The molecule has 0 aromatic heterocycles. The van der Waals surface area contributed by atoms with Gasteiger partial charge in [-0.05, 0) is 13.3 Å². The molecule has 5 nitrogen and oxygen atoms in total. The Morgan fingerprint density at radius 2 is 1.86 bits per heavy atom. The second-order valence-corrected chi connectivity index (χ2v) is 3.01. The SMILES string of the molecule is C=CCC(CC(=O)O)(C(C)=O)C(=O)O. The van der Waals surface area contributed by atoms with Gasteiger partial charge in [-0.25, -0.2) is 0 Å². The summed E-state index contributed by atoms with van der Waals surface area (Å²) in [5, 5.41) is 17.4. The predicted molar refractivity (Wildman–Crippen MR) is 47.8 cm³/mol. The van der Waals surface area contributed by atoms with Gasteiger partial charge in [0.15, 0.2) is 0 Å². The minimum atomic E-state index is -1.87. The summed E-state index contributed by atoms with van der Waals surface area (Å²) >= 11 is 0. The lowest BCUT2D eigenvalue weighted by atomic mass is 9.78. The summed E-state index contributed by atoms with van der Waals surface area (Å²) in [6, 6.07) is 0. The van der Waals surface area contributed by atoms with Crippen LogP contribution in [-0.4, -0.2) is 27.9 Å². The van der Waals surface area contributed by atoms with Gasteiger partial charge in [0.1, 0.15) is 11.2 Å². The first-order chi connectivity index (χ1) is 6.36. The molecule has 0 radical (unpaired) electrons. The van der Waals surface area contributed by atoms with Crippen molar-refractivity contribution in [3.8, 4) is 0 Å². The number of hydrogen-bond acceptors (Lipinski definition) is 3. The van der Waals surface area contributed by atoms with Crippen LogP contribution in [0.3, 0.4) is 0 Å². The van der Waals surface area contributed by atoms with Crippen LogP contribution in [0.2, 0.25) is 0 Å². The molecule has 5 heteroatoms. The van der Waals surface area contributed by atoms with Crippen LogP contribution >= 0.6 is 0 Å². The van der Waals surface area contributed by atoms with Crippen molar-refractivity contribution >= 4 is 17.7 Å². The van der Waals surface area contributed by atoms with Gasteiger partial charge in [-0.1, -0.05) is 6.08 Å². The topological polar surface area (TPSA) is 91.7 Å². The maximum Gasteiger partial charge on any atom is 0.318 e. The van der Waals surface area contributed by atoms with Crippen LogP contribution in [0.15, 0.2) is 12.7 Å². The highest BCUT2D eigenvalue weighted by atomic mass is 16.4. The first kappa shape index (κ1) is 12.3. The lowest BCUT2D eigenvalue weighted by molar-refractivity contribution is -0.160. The number of aliphatic carboxylic acids is 2. The number of hydrogen-bond donors (Lipinski definition) is 2. The number of Topliss-reactive ketones (excluding diaryl/α,β-unsaturated/α-hetero) is 1. The van der Waals surface area contributed by atoms with Crippen molar-refractivity contribution in [3.63, 3.8) is 0 Å². The van der Waals surface area contributed by atoms with E-state index in [1.54, 1.807) is 0 Å². The van der Waals surface area contributed by atoms with Gasteiger partial charge in [0, 0.05) is 0 Å². The quantitative estimate of drug-likeness (QED) is 0.486. The predicted octanol–water partition coefficient (Wildman–Crippen LogP) is 0.697. The van der Waals surface area contributed by atoms with E-state index in [0.29, 0.717) is 0 Å². The fourth-order valence-electron chi connectivity index (χ4n) is 1.16. The minimum Gasteiger partial charge on any atom is -0.481 e. The third kappa shape index (κ3) is 2.42. The molecule has 0 aromatic carbocycles. The molecule has 0 spiro atoms. The number of carbonyl (C=O) groups is 3. The molecule has 0 aliphatic heterocycles. The standard InChI is InChI=1S/C9H12O5/c1-3-4-9(6(2)10,8(13)14)5-7(11)12/h3H,1,4-5H2,2H3,(H,11,12)(H,13,14). The number of ketones is 1. The molecule has 1 atom stereocenters. The molecule has 78 valence electrons. The minimum absolute atomic E-state index is 0.177. The fraction of sp³-hybridized carbons (Fsp3) is 0.444. The van der Waals surface area contributed by atoms with Crippen LogP contribution in [-0.2, 0) is 14.4 Å². The number of rotatable bonds is 6. The summed E-state index contributed by atoms with van der Waals surface area (Å²) in [7, 11) is 0. The maximum absolute atomic E-state index is 11.1. The first-order valence-electron chi connectivity index (χ1n) is 3.94. The molecule has 0 amide bonds. The zero-order valence-corrected chi connectivity index (χ0v) is 7.82. The lowest BCUT2D eigenvalue weighted by Crippen LogP contribution is -2.39. The zero-order chi connectivity index (χ0) is 11.4. The van der Waals surface area contributed by atoms with Crippen molar-refractivity contribution in [2.45, 2.75) is 19.8 Å². The van der Waals surface area contributed by atoms with Crippen LogP contribution in [0.25, 0.3) is 0 Å². The highest BCUT2D eigenvalue weighted by Crippen LogP contribution is 2.28. The Morgan fingerprint density at radius 3 is 2.07 bits per heavy atom. The van der Waals surface area contributed by atoms with Crippen molar-refractivity contribution in [2.24, 2.45) is 5.41 Å². The summed E-state index contributed by atoms with van der Waals surface area (Å²) in [5.41, 5.74) is -1.87. The van der Waals surface area contributed by atoms with Crippen molar-refractivity contribution in [2.75, 3.05) is 0 Å². The van der Waals surface area contributed by atoms with Crippen LogP contribution in [0.4, 0.5) is 0 Å². The van der Waals surface area contributed by atoms with E-state index in [-0.39, 0.29) is 6.42 Å². The average molecular weight is 200 g/mol. The molecule has 0 heterocycles. The largest absolute Gasteiger partial charge is 0.481 e. The number of carboxylic acids is 2. The highest BCUT2D eigenvalue weighted by molar-refractivity contribution is 6.04. The molecule has 0 saturated carbocycles. The molecule has 0 rings (SSSR count). The molecule has 0 bridgehead atoms. The van der Waals surface area contributed by atoms with Crippen molar-refractivity contribution < 1.29 is 24.6 Å². The highest BCUT2D eigenvalue weighted by Gasteiger charge is 2.44. The maximum atomic E-state index is 11.1. The molecule has 0 aromatic rings. The van der Waals surface area contributed by atoms with Gasteiger partial charge in [-0.3, -0.25) is 14.4 Å². The van der Waals surface area contributed by atoms with Crippen molar-refractivity contribution in [1.82, 2.24) is 0 Å². The van der Waals surface area contributed by atoms with E-state index in [4.69, 9.17) is 10.2 Å². The van der Waals surface area contributed by atoms with Crippen LogP contribution in [0.5, 0.6) is 0 Å². The van der Waals surface area contributed by atoms with Crippen LogP contribution < -0.4 is 0 Å². The smallest absolute Gasteiger partial charge is 0.318 e. The zero-order valence-electron chi connectivity index (χ0n) is 7.82. The Labute approximate surface area is 81.0 Å². The van der Waals surface area contributed by atoms with E-state index in [1.165, 1.54) is 6.08 Å². The van der Waals surface area contributed by atoms with E-state index in [9.17, 15) is 14.4 Å². The Hall–Kier alpha value is -1.65. The Balaban J connectivity index is 5.13. The Bertz CT molecular complexity index is 265. The van der Waals surface area contributed by atoms with Gasteiger partial charge in [0.25, 0.3) is 0 Å². The molecule has 2 N–H and O–H groups in total. The van der Waals surface area contributed by atoms with Gasteiger partial charge in [0.2, 0.25) is 0 Å². The molecule has 0 aliphatic rings. The Morgan fingerprint density at radius 1 is 1.36 bits per heavy atom. The fourth-order valence-corrected chi connectivity index (χ4v) is 1.16. The van der Waals surface area contributed by atoms with Crippen molar-refractivity contribution in [1.29, 1.82) is 0 Å². The Kier molecular flexibility index (Phi) is 4.01. The normalized spacial score (nSPS) is 14.1. The second-order valence-electron chi connectivity index (χ2n) is 3.01. The summed E-state index contributed by atoms with van der Waals surface area (Å²) in [6.07, 6.45) is 0.339. The molecule has 1 unspecified atom stereocenters. The van der Waals surface area contributed by atoms with E-state index in [2.05, 4.69) is 6.58 Å². The van der Waals surface area contributed by atoms with Crippen LogP contribution in [0.1, 0.15) is 19.8 Å². The first-order valence-corrected chi connectivity index (χ1v) is 3.94. The summed E-state index contributed by atoms with van der Waals surface area (Å²) in [4.78, 5) is 32.4. The number of carboxylic acid groups (broad SMARTS) is 2. The summed E-state index contributed by atoms with van der Waals surface area (Å²) in [6.45, 7) is 4.38. The molecular weight excluding hydrogens is 188 g/mol. The number of allylic oxidation sites excluding steroid dienone is 1. The third-order valence-corrected chi connectivity index (χ3v) is 2.03.